The molecule has 1 heterocycles. The van der Waals surface area contributed by atoms with E-state index < -0.39 is 19.0 Å². The number of hydrogen-bond acceptors (Lipinski definition) is 4. The van der Waals surface area contributed by atoms with Crippen LogP contribution in [-0.4, -0.2) is 28.4 Å². The minimum atomic E-state index is -4.14. The fraction of sp³-hybridized carbons (Fsp3) is 0.583. The zero-order valence-corrected chi connectivity index (χ0v) is 19.9. The molecule has 2 saturated carbocycles. The molecule has 1 spiro atoms. The van der Waals surface area contributed by atoms with Gasteiger partial charge in [0.15, 0.2) is 5.60 Å². The zero-order valence-electron chi connectivity index (χ0n) is 18.2. The van der Waals surface area contributed by atoms with E-state index in [1.165, 1.54) is 6.42 Å². The molecule has 2 aromatic carbocycles. The van der Waals surface area contributed by atoms with E-state index in [2.05, 4.69) is 0 Å². The predicted octanol–water partition coefficient (Wildman–Crippen LogP) is 5.47. The molecule has 0 radical (unpaired) electrons. The minimum Gasteiger partial charge on any atom is -0.345 e. The number of benzene rings is 2. The molecule has 2 bridgehead atoms. The third kappa shape index (κ3) is 3.56. The fourth-order valence-corrected chi connectivity index (χ4v) is 7.54. The summed E-state index contributed by atoms with van der Waals surface area (Å²) >= 11 is 6.07. The third-order valence-corrected chi connectivity index (χ3v) is 8.84. The summed E-state index contributed by atoms with van der Waals surface area (Å²) in [6.45, 7) is 0. The summed E-state index contributed by atoms with van der Waals surface area (Å²) in [6.07, 6.45) is 6.25. The Hall–Kier alpha value is -0.980. The van der Waals surface area contributed by atoms with Crippen molar-refractivity contribution in [1.82, 2.24) is 0 Å². The first kappa shape index (κ1) is 22.8. The number of halogens is 1. The highest BCUT2D eigenvalue weighted by Crippen LogP contribution is 2.65. The van der Waals surface area contributed by atoms with Gasteiger partial charge < -0.3 is 14.5 Å². The first-order chi connectivity index (χ1) is 15.3. The normalized spacial score (nSPS) is 34.6. The van der Waals surface area contributed by atoms with Gasteiger partial charge in [0.25, 0.3) is 5.79 Å². The molecule has 32 heavy (non-hydrogen) atoms. The quantitative estimate of drug-likeness (QED) is 0.324. The summed E-state index contributed by atoms with van der Waals surface area (Å²) in [7, 11) is -2.46. The lowest BCUT2D eigenvalue weighted by Gasteiger charge is -2.65. The molecule has 1 saturated heterocycles. The molecule has 2 aromatic rings. The van der Waals surface area contributed by atoms with E-state index in [0.29, 0.717) is 29.2 Å². The number of hydrogen-bond donors (Lipinski definition) is 2. The van der Waals surface area contributed by atoms with E-state index in [-0.39, 0.29) is 6.16 Å². The topological polar surface area (TPSA) is 85.2 Å². The van der Waals surface area contributed by atoms with E-state index in [4.69, 9.17) is 26.1 Å². The molecule has 5 rings (SSSR count). The molecule has 3 aliphatic rings. The zero-order chi connectivity index (χ0) is 22.6. The van der Waals surface area contributed by atoms with Gasteiger partial charge in [0.2, 0.25) is 0 Å². The van der Waals surface area contributed by atoms with Gasteiger partial charge in [-0.25, -0.2) is 4.89 Å². The van der Waals surface area contributed by atoms with Gasteiger partial charge in [-0.05, 0) is 72.3 Å². The number of ether oxygens (including phenoxy) is 1. The Balaban J connectivity index is 1.54. The van der Waals surface area contributed by atoms with Crippen molar-refractivity contribution >= 4 is 30.0 Å². The second-order valence-electron chi connectivity index (χ2n) is 9.64. The molecule has 3 unspecified atom stereocenters. The molecular weight excluding hydrogens is 451 g/mol. The van der Waals surface area contributed by atoms with Gasteiger partial charge in [-0.1, -0.05) is 36.8 Å². The number of rotatable bonds is 6. The van der Waals surface area contributed by atoms with Gasteiger partial charge >= 0.3 is 7.60 Å². The lowest BCUT2D eigenvalue weighted by molar-refractivity contribution is -0.643. The summed E-state index contributed by atoms with van der Waals surface area (Å²) < 4.78 is 17.6. The Morgan fingerprint density at radius 1 is 1.09 bits per heavy atom. The standard InChI is InChI=1S/C24H30ClO6P/c1-29-24(22-8-7-18-6-5-17(11-19(18)14-22)15-32(26,27)28)23(30-31-24)20-3-2-4-21(23)13-16(12-20)9-10-25/h5-8,11,14,16,20-21H,2-4,9-10,12-13,15H2,1H3,(H2,26,27,28). The number of fused-ring (bicyclic) bond motifs is 1. The maximum Gasteiger partial charge on any atom is 0.329 e. The van der Waals surface area contributed by atoms with Crippen LogP contribution in [0.4, 0.5) is 0 Å². The Morgan fingerprint density at radius 2 is 1.81 bits per heavy atom. The lowest BCUT2D eigenvalue weighted by Crippen LogP contribution is -2.74. The number of methoxy groups -OCH3 is 1. The van der Waals surface area contributed by atoms with E-state index in [9.17, 15) is 14.4 Å². The second kappa shape index (κ2) is 8.35. The molecule has 2 N–H and O–H groups in total. The molecule has 0 aromatic heterocycles. The molecule has 2 aliphatic carbocycles. The number of alkyl halides is 1. The van der Waals surface area contributed by atoms with Crippen molar-refractivity contribution in [2.75, 3.05) is 13.0 Å². The summed E-state index contributed by atoms with van der Waals surface area (Å²) in [5, 5.41) is 1.89. The Labute approximate surface area is 193 Å². The van der Waals surface area contributed by atoms with Crippen LogP contribution in [0.25, 0.3) is 10.8 Å². The summed E-state index contributed by atoms with van der Waals surface area (Å²) in [6, 6.07) is 11.6. The van der Waals surface area contributed by atoms with E-state index >= 15 is 0 Å². The van der Waals surface area contributed by atoms with E-state index in [1.807, 2.05) is 30.3 Å². The van der Waals surface area contributed by atoms with Gasteiger partial charge in [-0.3, -0.25) is 4.57 Å². The van der Waals surface area contributed by atoms with Crippen molar-refractivity contribution in [3.8, 4) is 0 Å². The van der Waals surface area contributed by atoms with Crippen LogP contribution in [0.3, 0.4) is 0 Å². The van der Waals surface area contributed by atoms with Gasteiger partial charge in [-0.2, -0.15) is 4.89 Å². The van der Waals surface area contributed by atoms with Gasteiger partial charge in [-0.15, -0.1) is 11.6 Å². The van der Waals surface area contributed by atoms with Crippen LogP contribution in [0.15, 0.2) is 36.4 Å². The molecule has 1 aliphatic heterocycles. The summed E-state index contributed by atoms with van der Waals surface area (Å²) in [5.74, 6) is 0.995. The highest BCUT2D eigenvalue weighted by Gasteiger charge is 2.74. The summed E-state index contributed by atoms with van der Waals surface area (Å²) in [5.41, 5.74) is 0.980. The average Bonchev–Trinajstić information content (AvgIpc) is 2.72. The van der Waals surface area contributed by atoms with Crippen LogP contribution in [0, 0.1) is 17.8 Å². The summed E-state index contributed by atoms with van der Waals surface area (Å²) in [4.78, 5) is 30.7. The van der Waals surface area contributed by atoms with Crippen LogP contribution in [0.2, 0.25) is 0 Å². The smallest absolute Gasteiger partial charge is 0.329 e. The molecule has 8 heteroatoms. The van der Waals surface area contributed by atoms with Crippen LogP contribution in [0.1, 0.15) is 49.7 Å². The van der Waals surface area contributed by atoms with Crippen molar-refractivity contribution in [3.63, 3.8) is 0 Å². The molecule has 174 valence electrons. The molecule has 6 nitrogen and oxygen atoms in total. The molecule has 3 atom stereocenters. The SMILES string of the molecule is COC1(c2ccc3ccc(CP(=O)(O)O)cc3c2)OOC12C1CCCC2CC(CCCl)C1. The van der Waals surface area contributed by atoms with Crippen LogP contribution in [0.5, 0.6) is 0 Å². The molecular formula is C24H30ClO6P. The third-order valence-electron chi connectivity index (χ3n) is 7.84. The van der Waals surface area contributed by atoms with E-state index in [1.54, 1.807) is 13.2 Å². The Bertz CT molecular complexity index is 1040. The van der Waals surface area contributed by atoms with Gasteiger partial charge in [0, 0.05) is 18.6 Å². The first-order valence-corrected chi connectivity index (χ1v) is 13.7. The molecule has 3 fully saturated rings. The first-order valence-electron chi connectivity index (χ1n) is 11.4. The van der Waals surface area contributed by atoms with Gasteiger partial charge in [0.1, 0.15) is 0 Å². The second-order valence-corrected chi connectivity index (χ2v) is 11.7. The van der Waals surface area contributed by atoms with Crippen molar-refractivity contribution in [1.29, 1.82) is 0 Å². The van der Waals surface area contributed by atoms with Crippen LogP contribution in [-0.2, 0) is 31.0 Å². The van der Waals surface area contributed by atoms with Crippen molar-refractivity contribution in [2.24, 2.45) is 17.8 Å². The Kier molecular flexibility index (Phi) is 5.95. The lowest BCUT2D eigenvalue weighted by atomic mass is 9.54. The maximum absolute atomic E-state index is 11.5. The monoisotopic (exact) mass is 480 g/mol. The van der Waals surface area contributed by atoms with E-state index in [0.717, 1.165) is 48.4 Å². The Morgan fingerprint density at radius 3 is 2.41 bits per heavy atom. The van der Waals surface area contributed by atoms with Crippen molar-refractivity contribution in [3.05, 3.63) is 47.5 Å². The largest absolute Gasteiger partial charge is 0.345 e. The maximum atomic E-state index is 11.5. The fourth-order valence-electron chi connectivity index (χ4n) is 6.56. The van der Waals surface area contributed by atoms with Crippen molar-refractivity contribution in [2.45, 2.75) is 56.1 Å². The highest BCUT2D eigenvalue weighted by molar-refractivity contribution is 7.50. The minimum absolute atomic E-state index is 0.280. The molecule has 0 amide bonds. The highest BCUT2D eigenvalue weighted by atomic mass is 35.5. The van der Waals surface area contributed by atoms with Crippen LogP contribution >= 0.6 is 19.2 Å². The van der Waals surface area contributed by atoms with Gasteiger partial charge in [0.05, 0.1) is 6.16 Å². The predicted molar refractivity (Wildman–Crippen MR) is 122 cm³/mol. The van der Waals surface area contributed by atoms with Crippen molar-refractivity contribution < 1.29 is 28.9 Å². The van der Waals surface area contributed by atoms with Crippen LogP contribution < -0.4 is 0 Å². The average molecular weight is 481 g/mol.